The Hall–Kier alpha value is -0.830. The average molecular weight is 235 g/mol. The maximum atomic E-state index is 6.14. The second-order valence-electron chi connectivity index (χ2n) is 4.85. The lowest BCUT2D eigenvalue weighted by Crippen LogP contribution is -2.31. The minimum atomic E-state index is 0.0466. The zero-order chi connectivity index (χ0) is 11.0. The van der Waals surface area contributed by atoms with E-state index in [1.165, 1.54) is 17.0 Å². The molecule has 86 valence electrons. The molecule has 1 atom stereocenters. The number of hydrogen-bond donors (Lipinski definition) is 1. The Bertz CT molecular complexity index is 399. The van der Waals surface area contributed by atoms with Crippen molar-refractivity contribution in [2.45, 2.75) is 25.4 Å². The number of thioether (sulfide) groups is 1. The molecule has 0 aliphatic carbocycles. The smallest absolute Gasteiger partial charge is 0.120 e. The molecule has 3 rings (SSSR count). The van der Waals surface area contributed by atoms with E-state index in [9.17, 15) is 0 Å². The van der Waals surface area contributed by atoms with Crippen molar-refractivity contribution in [3.05, 3.63) is 23.8 Å². The number of hydrogen-bond acceptors (Lipinski definition) is 3. The lowest BCUT2D eigenvalue weighted by Gasteiger charge is -2.25. The zero-order valence-electron chi connectivity index (χ0n) is 9.58. The topological polar surface area (TPSA) is 21.3 Å². The zero-order valence-corrected chi connectivity index (χ0v) is 10.4. The third-order valence-electron chi connectivity index (χ3n) is 3.33. The summed E-state index contributed by atoms with van der Waals surface area (Å²) in [6.45, 7) is 3.28. The molecule has 1 aromatic rings. The standard InChI is InChI=1S/C13H17NOS/c1-13(5-7-16-9-13)15-11-2-3-12-10(8-11)4-6-14-12/h2-3,8,14H,4-7,9H2,1H3. The number of fused-ring (bicyclic) bond motifs is 1. The van der Waals surface area contributed by atoms with E-state index < -0.39 is 0 Å². The molecule has 1 N–H and O–H groups in total. The average Bonchev–Trinajstić information content (AvgIpc) is 2.86. The second-order valence-corrected chi connectivity index (χ2v) is 5.96. The summed E-state index contributed by atoms with van der Waals surface area (Å²) in [5.74, 6) is 3.37. The van der Waals surface area contributed by atoms with Gasteiger partial charge < -0.3 is 10.1 Å². The van der Waals surface area contributed by atoms with Crippen molar-refractivity contribution in [2.75, 3.05) is 23.4 Å². The first-order valence-corrected chi connectivity index (χ1v) is 7.04. The van der Waals surface area contributed by atoms with Crippen LogP contribution in [0.4, 0.5) is 5.69 Å². The van der Waals surface area contributed by atoms with Crippen molar-refractivity contribution in [2.24, 2.45) is 0 Å². The summed E-state index contributed by atoms with van der Waals surface area (Å²) < 4.78 is 6.14. The quantitative estimate of drug-likeness (QED) is 0.851. The lowest BCUT2D eigenvalue weighted by molar-refractivity contribution is 0.118. The van der Waals surface area contributed by atoms with Crippen LogP contribution >= 0.6 is 11.8 Å². The van der Waals surface area contributed by atoms with Gasteiger partial charge in [-0.2, -0.15) is 11.8 Å². The molecule has 2 aliphatic rings. The van der Waals surface area contributed by atoms with E-state index in [0.717, 1.165) is 30.9 Å². The molecule has 2 heterocycles. The van der Waals surface area contributed by atoms with Crippen LogP contribution in [0.3, 0.4) is 0 Å². The summed E-state index contributed by atoms with van der Waals surface area (Å²) in [5, 5.41) is 3.37. The van der Waals surface area contributed by atoms with Crippen LogP contribution in [0.25, 0.3) is 0 Å². The van der Waals surface area contributed by atoms with E-state index in [1.54, 1.807) is 0 Å². The van der Waals surface area contributed by atoms with Gasteiger partial charge in [-0.05, 0) is 49.3 Å². The lowest BCUT2D eigenvalue weighted by atomic mass is 10.1. The largest absolute Gasteiger partial charge is 0.487 e. The third kappa shape index (κ3) is 1.88. The molecule has 0 aromatic heterocycles. The maximum absolute atomic E-state index is 6.14. The van der Waals surface area contributed by atoms with Crippen LogP contribution in [-0.4, -0.2) is 23.7 Å². The van der Waals surface area contributed by atoms with Crippen molar-refractivity contribution >= 4 is 17.4 Å². The van der Waals surface area contributed by atoms with E-state index in [1.807, 2.05) is 11.8 Å². The highest BCUT2D eigenvalue weighted by Crippen LogP contribution is 2.34. The van der Waals surface area contributed by atoms with Crippen molar-refractivity contribution < 1.29 is 4.74 Å². The van der Waals surface area contributed by atoms with E-state index in [2.05, 4.69) is 30.4 Å². The number of ether oxygens (including phenoxy) is 1. The minimum Gasteiger partial charge on any atom is -0.487 e. The van der Waals surface area contributed by atoms with Crippen molar-refractivity contribution in [3.8, 4) is 5.75 Å². The molecule has 1 fully saturated rings. The summed E-state index contributed by atoms with van der Waals surface area (Å²) in [6.07, 6.45) is 2.28. The predicted octanol–water partition coefficient (Wildman–Crippen LogP) is 2.93. The Morgan fingerprint density at radius 3 is 3.19 bits per heavy atom. The van der Waals surface area contributed by atoms with Crippen molar-refractivity contribution in [1.82, 2.24) is 0 Å². The molecule has 0 radical (unpaired) electrons. The molecule has 3 heteroatoms. The molecule has 0 spiro atoms. The molecule has 1 saturated heterocycles. The van der Waals surface area contributed by atoms with Crippen LogP contribution in [0, 0.1) is 0 Å². The summed E-state index contributed by atoms with van der Waals surface area (Å²) in [7, 11) is 0. The summed E-state index contributed by atoms with van der Waals surface area (Å²) >= 11 is 1.99. The SMILES string of the molecule is CC1(Oc2ccc3c(c2)CCN3)CCSC1. The van der Waals surface area contributed by atoms with E-state index in [0.29, 0.717) is 0 Å². The van der Waals surface area contributed by atoms with Crippen LogP contribution in [0.5, 0.6) is 5.75 Å². The fraction of sp³-hybridized carbons (Fsp3) is 0.538. The molecule has 2 aliphatic heterocycles. The minimum absolute atomic E-state index is 0.0466. The fourth-order valence-corrected chi connectivity index (χ4v) is 3.71. The molecule has 1 unspecified atom stereocenters. The molecule has 0 saturated carbocycles. The van der Waals surface area contributed by atoms with Gasteiger partial charge in [0.2, 0.25) is 0 Å². The van der Waals surface area contributed by atoms with Gasteiger partial charge in [0.05, 0.1) is 0 Å². The number of benzene rings is 1. The van der Waals surface area contributed by atoms with Gasteiger partial charge in [-0.15, -0.1) is 0 Å². The number of nitrogens with one attached hydrogen (secondary N) is 1. The first-order valence-electron chi connectivity index (χ1n) is 5.89. The van der Waals surface area contributed by atoms with Gasteiger partial charge in [0.15, 0.2) is 0 Å². The Labute approximate surface area is 101 Å². The summed E-state index contributed by atoms with van der Waals surface area (Å²) in [4.78, 5) is 0. The molecule has 1 aromatic carbocycles. The van der Waals surface area contributed by atoms with Gasteiger partial charge in [-0.25, -0.2) is 0 Å². The summed E-state index contributed by atoms with van der Waals surface area (Å²) in [6, 6.07) is 6.43. The monoisotopic (exact) mass is 235 g/mol. The van der Waals surface area contributed by atoms with E-state index in [-0.39, 0.29) is 5.60 Å². The molecule has 0 bridgehead atoms. The van der Waals surface area contributed by atoms with Crippen molar-refractivity contribution in [1.29, 1.82) is 0 Å². The van der Waals surface area contributed by atoms with Crippen LogP contribution < -0.4 is 10.1 Å². The number of anilines is 1. The van der Waals surface area contributed by atoms with Gasteiger partial charge in [0.25, 0.3) is 0 Å². The first kappa shape index (κ1) is 10.3. The highest BCUT2D eigenvalue weighted by molar-refractivity contribution is 7.99. The van der Waals surface area contributed by atoms with Crippen LogP contribution in [0.15, 0.2) is 18.2 Å². The Balaban J connectivity index is 1.80. The molecule has 16 heavy (non-hydrogen) atoms. The molecular weight excluding hydrogens is 218 g/mol. The van der Waals surface area contributed by atoms with E-state index in [4.69, 9.17) is 4.74 Å². The van der Waals surface area contributed by atoms with E-state index >= 15 is 0 Å². The number of rotatable bonds is 2. The van der Waals surface area contributed by atoms with Gasteiger partial charge in [-0.3, -0.25) is 0 Å². The van der Waals surface area contributed by atoms with Crippen LogP contribution in [-0.2, 0) is 6.42 Å². The first-order chi connectivity index (χ1) is 7.75. The third-order valence-corrected chi connectivity index (χ3v) is 4.64. The van der Waals surface area contributed by atoms with Gasteiger partial charge >= 0.3 is 0 Å². The molecule has 2 nitrogen and oxygen atoms in total. The highest BCUT2D eigenvalue weighted by atomic mass is 32.2. The second kappa shape index (κ2) is 3.88. The Morgan fingerprint density at radius 2 is 2.38 bits per heavy atom. The van der Waals surface area contributed by atoms with Gasteiger partial charge in [-0.1, -0.05) is 0 Å². The molecule has 0 amide bonds. The molecular formula is C13H17NOS. The Kier molecular flexibility index (Phi) is 2.51. The Morgan fingerprint density at radius 1 is 1.44 bits per heavy atom. The summed E-state index contributed by atoms with van der Waals surface area (Å²) in [5.41, 5.74) is 2.72. The highest BCUT2D eigenvalue weighted by Gasteiger charge is 2.31. The van der Waals surface area contributed by atoms with Crippen molar-refractivity contribution in [3.63, 3.8) is 0 Å². The van der Waals surface area contributed by atoms with Gasteiger partial charge in [0.1, 0.15) is 11.4 Å². The predicted molar refractivity (Wildman–Crippen MR) is 69.6 cm³/mol. The van der Waals surface area contributed by atoms with Crippen LogP contribution in [0.2, 0.25) is 0 Å². The fourth-order valence-electron chi connectivity index (χ4n) is 2.36. The maximum Gasteiger partial charge on any atom is 0.120 e. The van der Waals surface area contributed by atoms with Crippen LogP contribution in [0.1, 0.15) is 18.9 Å². The van der Waals surface area contributed by atoms with Gasteiger partial charge in [0, 0.05) is 18.0 Å². The normalized spacial score (nSPS) is 27.6.